The van der Waals surface area contributed by atoms with Gasteiger partial charge in [-0.2, -0.15) is 0 Å². The number of hydrogen-bond donors (Lipinski definition) is 2. The molecular weight excluding hydrogens is 152 g/mol. The van der Waals surface area contributed by atoms with Crippen LogP contribution in [0.5, 0.6) is 0 Å². The van der Waals surface area contributed by atoms with Crippen molar-refractivity contribution in [2.45, 2.75) is 25.4 Å². The molecule has 2 rings (SSSR count). The highest BCUT2D eigenvalue weighted by molar-refractivity contribution is 4.95. The first-order chi connectivity index (χ1) is 5.79. The van der Waals surface area contributed by atoms with Crippen LogP contribution in [0.4, 0.5) is 0 Å². The molecule has 0 spiro atoms. The number of rotatable bonds is 3. The maximum absolute atomic E-state index is 8.89. The van der Waals surface area contributed by atoms with Crippen molar-refractivity contribution in [1.82, 2.24) is 10.2 Å². The van der Waals surface area contributed by atoms with E-state index in [2.05, 4.69) is 10.2 Å². The van der Waals surface area contributed by atoms with Gasteiger partial charge in [-0.25, -0.2) is 0 Å². The van der Waals surface area contributed by atoms with Crippen molar-refractivity contribution in [3.05, 3.63) is 0 Å². The van der Waals surface area contributed by atoms with Crippen LogP contribution in [-0.4, -0.2) is 48.3 Å². The van der Waals surface area contributed by atoms with Gasteiger partial charge in [0.25, 0.3) is 0 Å². The quantitative estimate of drug-likeness (QED) is 0.608. The fourth-order valence-electron chi connectivity index (χ4n) is 2.39. The molecule has 4 unspecified atom stereocenters. The number of aliphatic hydroxyl groups is 1. The third-order valence-electron chi connectivity index (χ3n) is 3.11. The second-order valence-electron chi connectivity index (χ2n) is 4.17. The Labute approximate surface area is 73.8 Å². The zero-order valence-electron chi connectivity index (χ0n) is 7.66. The minimum atomic E-state index is 0.253. The molecule has 0 aromatic heterocycles. The first kappa shape index (κ1) is 8.48. The summed E-state index contributed by atoms with van der Waals surface area (Å²) in [6.45, 7) is 6.05. The molecule has 0 aliphatic carbocycles. The van der Waals surface area contributed by atoms with Crippen molar-refractivity contribution in [3.63, 3.8) is 0 Å². The second kappa shape index (κ2) is 3.32. The van der Waals surface area contributed by atoms with Gasteiger partial charge >= 0.3 is 0 Å². The van der Waals surface area contributed by atoms with E-state index in [1.807, 2.05) is 6.92 Å². The Hall–Kier alpha value is -0.120. The van der Waals surface area contributed by atoms with E-state index in [0.717, 1.165) is 5.92 Å². The Morgan fingerprint density at radius 3 is 2.92 bits per heavy atom. The van der Waals surface area contributed by atoms with Crippen molar-refractivity contribution in [2.75, 3.05) is 26.2 Å². The largest absolute Gasteiger partial charge is 0.395 e. The van der Waals surface area contributed by atoms with E-state index < -0.39 is 0 Å². The lowest BCUT2D eigenvalue weighted by atomic mass is 9.99. The van der Waals surface area contributed by atoms with Gasteiger partial charge in [-0.15, -0.1) is 0 Å². The SMILES string of the molecule is CC(CO)NC1CN2CCC1C2. The summed E-state index contributed by atoms with van der Waals surface area (Å²) in [4.78, 5) is 2.51. The summed E-state index contributed by atoms with van der Waals surface area (Å²) in [6.07, 6.45) is 1.34. The van der Waals surface area contributed by atoms with E-state index in [0.29, 0.717) is 6.04 Å². The molecule has 4 atom stereocenters. The lowest BCUT2D eigenvalue weighted by Gasteiger charge is -2.25. The van der Waals surface area contributed by atoms with Gasteiger partial charge in [0.2, 0.25) is 0 Å². The van der Waals surface area contributed by atoms with Crippen LogP contribution in [0.2, 0.25) is 0 Å². The number of hydrogen-bond acceptors (Lipinski definition) is 3. The average Bonchev–Trinajstić information content (AvgIpc) is 2.64. The first-order valence-electron chi connectivity index (χ1n) is 4.89. The summed E-state index contributed by atoms with van der Waals surface area (Å²) in [5, 5.41) is 12.4. The monoisotopic (exact) mass is 170 g/mol. The molecule has 2 N–H and O–H groups in total. The van der Waals surface area contributed by atoms with E-state index in [1.165, 1.54) is 26.1 Å². The molecule has 3 nitrogen and oxygen atoms in total. The van der Waals surface area contributed by atoms with Crippen LogP contribution in [0.15, 0.2) is 0 Å². The first-order valence-corrected chi connectivity index (χ1v) is 4.89. The summed E-state index contributed by atoms with van der Waals surface area (Å²) in [5.74, 6) is 0.846. The van der Waals surface area contributed by atoms with Crippen LogP contribution in [0.3, 0.4) is 0 Å². The van der Waals surface area contributed by atoms with Crippen LogP contribution in [-0.2, 0) is 0 Å². The van der Waals surface area contributed by atoms with Crippen molar-refractivity contribution >= 4 is 0 Å². The molecule has 70 valence electrons. The third-order valence-corrected chi connectivity index (χ3v) is 3.11. The van der Waals surface area contributed by atoms with E-state index in [1.54, 1.807) is 0 Å². The standard InChI is InChI=1S/C9H18N2O/c1-7(6-12)10-9-5-11-3-2-8(9)4-11/h7-10,12H,2-6H2,1H3. The lowest BCUT2D eigenvalue weighted by molar-refractivity contribution is 0.222. The molecule has 2 aliphatic heterocycles. The lowest BCUT2D eigenvalue weighted by Crippen LogP contribution is -2.45. The number of nitrogens with one attached hydrogen (secondary N) is 1. The van der Waals surface area contributed by atoms with Crippen LogP contribution in [0.25, 0.3) is 0 Å². The van der Waals surface area contributed by atoms with Crippen LogP contribution < -0.4 is 5.32 Å². The number of nitrogens with zero attached hydrogens (tertiary/aromatic N) is 1. The van der Waals surface area contributed by atoms with E-state index >= 15 is 0 Å². The van der Waals surface area contributed by atoms with Crippen LogP contribution in [0, 0.1) is 5.92 Å². The molecule has 2 fully saturated rings. The van der Waals surface area contributed by atoms with Crippen molar-refractivity contribution in [3.8, 4) is 0 Å². The van der Waals surface area contributed by atoms with Gasteiger partial charge in [0, 0.05) is 25.2 Å². The molecule has 2 heterocycles. The summed E-state index contributed by atoms with van der Waals surface area (Å²) in [7, 11) is 0. The minimum Gasteiger partial charge on any atom is -0.395 e. The zero-order valence-corrected chi connectivity index (χ0v) is 7.66. The number of fused-ring (bicyclic) bond motifs is 2. The van der Waals surface area contributed by atoms with Gasteiger partial charge in [-0.3, -0.25) is 0 Å². The van der Waals surface area contributed by atoms with Gasteiger partial charge in [-0.1, -0.05) is 0 Å². The third kappa shape index (κ3) is 1.49. The van der Waals surface area contributed by atoms with Gasteiger partial charge in [-0.05, 0) is 25.8 Å². The summed E-state index contributed by atoms with van der Waals surface area (Å²) in [6, 6.07) is 0.899. The van der Waals surface area contributed by atoms with Crippen LogP contribution >= 0.6 is 0 Å². The average molecular weight is 170 g/mol. The Morgan fingerprint density at radius 1 is 1.58 bits per heavy atom. The van der Waals surface area contributed by atoms with Crippen molar-refractivity contribution in [2.24, 2.45) is 5.92 Å². The highest BCUT2D eigenvalue weighted by Gasteiger charge is 2.37. The van der Waals surface area contributed by atoms with Gasteiger partial charge in [0.05, 0.1) is 6.61 Å². The molecule has 12 heavy (non-hydrogen) atoms. The van der Waals surface area contributed by atoms with E-state index in [-0.39, 0.29) is 12.6 Å². The Balaban J connectivity index is 1.82. The zero-order chi connectivity index (χ0) is 8.55. The predicted octanol–water partition coefficient (Wildman–Crippen LogP) is -0.339. The Kier molecular flexibility index (Phi) is 2.35. The normalized spacial score (nSPS) is 42.0. The van der Waals surface area contributed by atoms with Gasteiger partial charge in [0.1, 0.15) is 0 Å². The maximum atomic E-state index is 8.89. The molecule has 0 radical (unpaired) electrons. The van der Waals surface area contributed by atoms with E-state index in [9.17, 15) is 0 Å². The Morgan fingerprint density at radius 2 is 2.42 bits per heavy atom. The summed E-state index contributed by atoms with van der Waals surface area (Å²) in [5.41, 5.74) is 0. The maximum Gasteiger partial charge on any atom is 0.0582 e. The van der Waals surface area contributed by atoms with Crippen molar-refractivity contribution in [1.29, 1.82) is 0 Å². The molecular formula is C9H18N2O. The molecule has 3 heteroatoms. The molecule has 0 saturated carbocycles. The van der Waals surface area contributed by atoms with Gasteiger partial charge in [0.15, 0.2) is 0 Å². The molecule has 2 aliphatic rings. The smallest absolute Gasteiger partial charge is 0.0582 e. The summed E-state index contributed by atoms with van der Waals surface area (Å²) >= 11 is 0. The van der Waals surface area contributed by atoms with Gasteiger partial charge < -0.3 is 15.3 Å². The Bertz CT molecular complexity index is 163. The van der Waals surface area contributed by atoms with E-state index in [4.69, 9.17) is 5.11 Å². The molecule has 0 aromatic carbocycles. The van der Waals surface area contributed by atoms with Crippen molar-refractivity contribution < 1.29 is 5.11 Å². The highest BCUT2D eigenvalue weighted by Crippen LogP contribution is 2.27. The number of piperidine rings is 1. The predicted molar refractivity (Wildman–Crippen MR) is 48.0 cm³/mol. The molecule has 2 saturated heterocycles. The second-order valence-corrected chi connectivity index (χ2v) is 4.17. The highest BCUT2D eigenvalue weighted by atomic mass is 16.3. The summed E-state index contributed by atoms with van der Waals surface area (Å²) < 4.78 is 0. The fourth-order valence-corrected chi connectivity index (χ4v) is 2.39. The molecule has 0 aromatic rings. The molecule has 2 bridgehead atoms. The fraction of sp³-hybridized carbons (Fsp3) is 1.00. The molecule has 0 amide bonds. The minimum absolute atomic E-state index is 0.253. The van der Waals surface area contributed by atoms with Crippen LogP contribution in [0.1, 0.15) is 13.3 Å². The number of aliphatic hydroxyl groups excluding tert-OH is 1. The topological polar surface area (TPSA) is 35.5 Å².